The molecule has 0 saturated carbocycles. The number of hydrogen-bond donors (Lipinski definition) is 0. The summed E-state index contributed by atoms with van der Waals surface area (Å²) in [7, 11) is 0. The minimum Gasteiger partial charge on any atom is -0.324 e. The molecular formula is C38H30N4. The van der Waals surface area contributed by atoms with Gasteiger partial charge in [-0.2, -0.15) is 0 Å². The Bertz CT molecular complexity index is 2190. The predicted octanol–water partition coefficient (Wildman–Crippen LogP) is 10.3. The largest absolute Gasteiger partial charge is 0.324 e. The van der Waals surface area contributed by atoms with Crippen LogP contribution in [0.5, 0.6) is 0 Å². The first-order valence-electron chi connectivity index (χ1n) is 14.7. The SMILES string of the molecule is CCCCn1c2ccc(N(c3ccccc3)c3c4ccccc4cc4ccccc34)cc2c2nc3ccccc3nc21. The summed E-state index contributed by atoms with van der Waals surface area (Å²) in [5, 5.41) is 6.01. The van der Waals surface area contributed by atoms with Gasteiger partial charge in [-0.3, -0.25) is 0 Å². The molecule has 0 amide bonds. The zero-order valence-corrected chi connectivity index (χ0v) is 23.5. The van der Waals surface area contributed by atoms with E-state index in [4.69, 9.17) is 9.97 Å². The van der Waals surface area contributed by atoms with Gasteiger partial charge >= 0.3 is 0 Å². The molecule has 8 aromatic rings. The van der Waals surface area contributed by atoms with Crippen molar-refractivity contribution in [2.75, 3.05) is 4.90 Å². The molecule has 0 aliphatic rings. The second-order valence-corrected chi connectivity index (χ2v) is 10.9. The molecule has 0 spiro atoms. The molecule has 0 saturated heterocycles. The normalized spacial score (nSPS) is 11.7. The van der Waals surface area contributed by atoms with Gasteiger partial charge in [0.2, 0.25) is 0 Å². The Labute approximate surface area is 244 Å². The molecule has 0 unspecified atom stereocenters. The van der Waals surface area contributed by atoms with Crippen LogP contribution in [0.3, 0.4) is 0 Å². The third-order valence-electron chi connectivity index (χ3n) is 8.31. The van der Waals surface area contributed by atoms with Gasteiger partial charge in [0.1, 0.15) is 5.52 Å². The number of aryl methyl sites for hydroxylation is 1. The first-order valence-corrected chi connectivity index (χ1v) is 14.7. The molecule has 0 fully saturated rings. The number of aromatic nitrogens is 3. The standard InChI is InChI=1S/C38H30N4/c1-2-3-23-41-35-22-21-29(25-32(35)36-38(41)40-34-20-12-11-19-33(34)39-36)42(28-15-5-4-6-16-28)37-30-17-9-7-13-26(30)24-27-14-8-10-18-31(27)37/h4-22,24-25H,2-3,23H2,1H3. The van der Waals surface area contributed by atoms with Crippen molar-refractivity contribution in [2.45, 2.75) is 26.3 Å². The van der Waals surface area contributed by atoms with Gasteiger partial charge in [0, 0.05) is 34.1 Å². The molecular weight excluding hydrogens is 512 g/mol. The van der Waals surface area contributed by atoms with Crippen LogP contribution in [0.15, 0.2) is 127 Å². The summed E-state index contributed by atoms with van der Waals surface area (Å²) in [4.78, 5) is 12.7. The first-order chi connectivity index (χ1) is 20.8. The van der Waals surface area contributed by atoms with Crippen molar-refractivity contribution >= 4 is 71.7 Å². The van der Waals surface area contributed by atoms with Crippen LogP contribution in [0.2, 0.25) is 0 Å². The van der Waals surface area contributed by atoms with E-state index >= 15 is 0 Å². The highest BCUT2D eigenvalue weighted by Crippen LogP contribution is 2.45. The van der Waals surface area contributed by atoms with Gasteiger partial charge in [-0.15, -0.1) is 0 Å². The lowest BCUT2D eigenvalue weighted by Crippen LogP contribution is -2.11. The van der Waals surface area contributed by atoms with Crippen LogP contribution in [0.1, 0.15) is 19.8 Å². The zero-order chi connectivity index (χ0) is 28.0. The van der Waals surface area contributed by atoms with E-state index in [0.717, 1.165) is 58.3 Å². The average molecular weight is 543 g/mol. The highest BCUT2D eigenvalue weighted by Gasteiger charge is 2.21. The zero-order valence-electron chi connectivity index (χ0n) is 23.5. The van der Waals surface area contributed by atoms with Gasteiger partial charge < -0.3 is 9.47 Å². The maximum absolute atomic E-state index is 5.18. The summed E-state index contributed by atoms with van der Waals surface area (Å²) in [6.45, 7) is 3.15. The molecule has 6 aromatic carbocycles. The monoisotopic (exact) mass is 542 g/mol. The fraction of sp³-hybridized carbons (Fsp3) is 0.105. The van der Waals surface area contributed by atoms with E-state index in [1.165, 1.54) is 32.7 Å². The number of unbranched alkanes of at least 4 members (excludes halogenated alkanes) is 1. The summed E-state index contributed by atoms with van der Waals surface area (Å²) in [6, 6.07) is 45.4. The Morgan fingerprint density at radius 3 is 1.95 bits per heavy atom. The van der Waals surface area contributed by atoms with E-state index in [-0.39, 0.29) is 0 Å². The van der Waals surface area contributed by atoms with Crippen molar-refractivity contribution in [3.63, 3.8) is 0 Å². The summed E-state index contributed by atoms with van der Waals surface area (Å²) >= 11 is 0. The molecule has 0 bridgehead atoms. The second-order valence-electron chi connectivity index (χ2n) is 10.9. The van der Waals surface area contributed by atoms with Crippen LogP contribution >= 0.6 is 0 Å². The molecule has 202 valence electrons. The number of hydrogen-bond acceptors (Lipinski definition) is 3. The van der Waals surface area contributed by atoms with Crippen molar-refractivity contribution in [2.24, 2.45) is 0 Å². The fourth-order valence-electron chi connectivity index (χ4n) is 6.32. The molecule has 0 aliphatic heterocycles. The Morgan fingerprint density at radius 2 is 1.24 bits per heavy atom. The highest BCUT2D eigenvalue weighted by molar-refractivity contribution is 6.15. The lowest BCUT2D eigenvalue weighted by Gasteiger charge is -2.28. The number of rotatable bonds is 6. The second kappa shape index (κ2) is 10.0. The maximum atomic E-state index is 5.18. The van der Waals surface area contributed by atoms with Gasteiger partial charge in [0.25, 0.3) is 0 Å². The van der Waals surface area contributed by atoms with Gasteiger partial charge in [-0.25, -0.2) is 9.97 Å². The molecule has 0 atom stereocenters. The van der Waals surface area contributed by atoms with Gasteiger partial charge in [0.05, 0.1) is 22.2 Å². The van der Waals surface area contributed by atoms with E-state index in [9.17, 15) is 0 Å². The van der Waals surface area contributed by atoms with Crippen LogP contribution in [-0.2, 0) is 6.54 Å². The minimum atomic E-state index is 0.916. The topological polar surface area (TPSA) is 34.0 Å². The summed E-state index contributed by atoms with van der Waals surface area (Å²) in [5.74, 6) is 0. The lowest BCUT2D eigenvalue weighted by atomic mass is 9.99. The van der Waals surface area contributed by atoms with E-state index < -0.39 is 0 Å². The predicted molar refractivity (Wildman–Crippen MR) is 177 cm³/mol. The van der Waals surface area contributed by atoms with Crippen LogP contribution < -0.4 is 4.90 Å². The smallest absolute Gasteiger partial charge is 0.160 e. The quantitative estimate of drug-likeness (QED) is 0.196. The number of anilines is 3. The number of nitrogens with zero attached hydrogens (tertiary/aromatic N) is 4. The molecule has 0 N–H and O–H groups in total. The van der Waals surface area contributed by atoms with Crippen LogP contribution in [0.4, 0.5) is 17.1 Å². The number of para-hydroxylation sites is 3. The van der Waals surface area contributed by atoms with E-state index in [1.54, 1.807) is 0 Å². The summed E-state index contributed by atoms with van der Waals surface area (Å²) in [5.41, 5.74) is 8.33. The third kappa shape index (κ3) is 3.91. The van der Waals surface area contributed by atoms with Crippen LogP contribution in [0, 0.1) is 0 Å². The minimum absolute atomic E-state index is 0.916. The third-order valence-corrected chi connectivity index (χ3v) is 8.31. The molecule has 4 heteroatoms. The Kier molecular flexibility index (Phi) is 5.85. The van der Waals surface area contributed by atoms with Crippen LogP contribution in [0.25, 0.3) is 54.6 Å². The molecule has 0 radical (unpaired) electrons. The van der Waals surface area contributed by atoms with Gasteiger partial charge in [-0.1, -0.05) is 92.2 Å². The molecule has 0 aliphatic carbocycles. The fourth-order valence-corrected chi connectivity index (χ4v) is 6.32. The molecule has 2 aromatic heterocycles. The molecule has 8 rings (SSSR count). The Morgan fingerprint density at radius 1 is 0.595 bits per heavy atom. The van der Waals surface area contributed by atoms with Gasteiger partial charge in [0.15, 0.2) is 5.65 Å². The van der Waals surface area contributed by atoms with E-state index in [0.29, 0.717) is 0 Å². The van der Waals surface area contributed by atoms with Gasteiger partial charge in [-0.05, 0) is 65.7 Å². The molecule has 2 heterocycles. The van der Waals surface area contributed by atoms with Crippen molar-refractivity contribution in [3.05, 3.63) is 127 Å². The maximum Gasteiger partial charge on any atom is 0.160 e. The van der Waals surface area contributed by atoms with Crippen molar-refractivity contribution in [1.29, 1.82) is 0 Å². The lowest BCUT2D eigenvalue weighted by molar-refractivity contribution is 0.661. The van der Waals surface area contributed by atoms with Crippen molar-refractivity contribution in [1.82, 2.24) is 14.5 Å². The van der Waals surface area contributed by atoms with Crippen molar-refractivity contribution < 1.29 is 0 Å². The summed E-state index contributed by atoms with van der Waals surface area (Å²) in [6.07, 6.45) is 2.21. The first kappa shape index (κ1) is 24.6. The highest BCUT2D eigenvalue weighted by atomic mass is 15.1. The summed E-state index contributed by atoms with van der Waals surface area (Å²) < 4.78 is 2.36. The average Bonchev–Trinajstić information content (AvgIpc) is 3.34. The van der Waals surface area contributed by atoms with E-state index in [1.807, 2.05) is 12.1 Å². The molecule has 42 heavy (non-hydrogen) atoms. The van der Waals surface area contributed by atoms with E-state index in [2.05, 4.69) is 132 Å². The Balaban J connectivity index is 1.46. The van der Waals surface area contributed by atoms with Crippen LogP contribution in [-0.4, -0.2) is 14.5 Å². The Hall–Kier alpha value is -5.22. The molecule has 4 nitrogen and oxygen atoms in total. The number of benzene rings is 6. The number of fused-ring (bicyclic) bond motifs is 6. The van der Waals surface area contributed by atoms with Crippen molar-refractivity contribution in [3.8, 4) is 0 Å².